The van der Waals surface area contributed by atoms with E-state index in [4.69, 9.17) is 4.98 Å². The lowest BCUT2D eigenvalue weighted by molar-refractivity contribution is 0.728. The summed E-state index contributed by atoms with van der Waals surface area (Å²) in [4.78, 5) is 24.3. The summed E-state index contributed by atoms with van der Waals surface area (Å²) >= 11 is 4.71. The van der Waals surface area contributed by atoms with Crippen molar-refractivity contribution >= 4 is 50.3 Å². The van der Waals surface area contributed by atoms with Crippen LogP contribution in [0.3, 0.4) is 0 Å². The second-order valence-electron chi connectivity index (χ2n) is 6.56. The summed E-state index contributed by atoms with van der Waals surface area (Å²) in [6.45, 7) is 2.06. The topological polar surface area (TPSA) is 52.2 Å². The summed E-state index contributed by atoms with van der Waals surface area (Å²) < 4.78 is 3.68. The van der Waals surface area contributed by atoms with Gasteiger partial charge in [-0.1, -0.05) is 23.9 Å². The number of rotatable bonds is 4. The van der Waals surface area contributed by atoms with Crippen molar-refractivity contribution in [3.63, 3.8) is 0 Å². The Kier molecular flexibility index (Phi) is 4.34. The number of pyridine rings is 1. The second-order valence-corrected chi connectivity index (χ2v) is 9.31. The van der Waals surface area contributed by atoms with E-state index in [0.29, 0.717) is 16.3 Å². The van der Waals surface area contributed by atoms with Crippen molar-refractivity contribution in [1.82, 2.24) is 18.9 Å². The van der Waals surface area contributed by atoms with E-state index in [9.17, 15) is 4.79 Å². The van der Waals surface area contributed by atoms with Gasteiger partial charge in [-0.2, -0.15) is 0 Å². The van der Waals surface area contributed by atoms with Gasteiger partial charge in [0.15, 0.2) is 5.16 Å². The van der Waals surface area contributed by atoms with Crippen molar-refractivity contribution in [2.24, 2.45) is 7.05 Å². The third kappa shape index (κ3) is 2.97. The molecule has 0 radical (unpaired) electrons. The molecule has 0 N–H and O–H groups in total. The number of imidazole rings is 1. The Labute approximate surface area is 173 Å². The number of aromatic nitrogens is 4. The van der Waals surface area contributed by atoms with Crippen molar-refractivity contribution in [1.29, 1.82) is 0 Å². The quantitative estimate of drug-likeness (QED) is 0.302. The van der Waals surface area contributed by atoms with E-state index in [1.54, 1.807) is 34.7 Å². The number of hydrogen-bond acceptors (Lipinski definition) is 6. The number of thiophene rings is 2. The summed E-state index contributed by atoms with van der Waals surface area (Å²) in [5, 5.41) is 5.48. The Balaban J connectivity index is 1.49. The summed E-state index contributed by atoms with van der Waals surface area (Å²) in [5.41, 5.74) is 4.07. The zero-order valence-corrected chi connectivity index (χ0v) is 17.7. The molecule has 0 atom stereocenters. The maximum Gasteiger partial charge on any atom is 0.263 e. The van der Waals surface area contributed by atoms with Crippen molar-refractivity contribution in [2.45, 2.75) is 17.8 Å². The summed E-state index contributed by atoms with van der Waals surface area (Å²) in [6.07, 6.45) is 4.10. The monoisotopic (exact) mass is 424 g/mol. The molecule has 5 heterocycles. The fraction of sp³-hybridized carbons (Fsp3) is 0.150. The van der Waals surface area contributed by atoms with E-state index in [1.807, 2.05) is 39.6 Å². The molecule has 5 aromatic rings. The van der Waals surface area contributed by atoms with Gasteiger partial charge in [0.2, 0.25) is 0 Å². The van der Waals surface area contributed by atoms with Crippen molar-refractivity contribution < 1.29 is 0 Å². The predicted molar refractivity (Wildman–Crippen MR) is 118 cm³/mol. The van der Waals surface area contributed by atoms with Gasteiger partial charge in [-0.15, -0.1) is 22.7 Å². The first-order chi connectivity index (χ1) is 13.6. The Bertz CT molecular complexity index is 1360. The molecule has 5 rings (SSSR count). The Morgan fingerprint density at radius 3 is 2.86 bits per heavy atom. The number of thioether (sulfide) groups is 1. The van der Waals surface area contributed by atoms with E-state index in [0.717, 1.165) is 26.6 Å². The molecule has 5 nitrogen and oxygen atoms in total. The number of aryl methyl sites for hydroxylation is 1. The largest absolute Gasteiger partial charge is 0.307 e. The normalized spacial score (nSPS) is 11.6. The molecule has 0 saturated carbocycles. The molecule has 0 spiro atoms. The van der Waals surface area contributed by atoms with Crippen LogP contribution in [0, 0.1) is 6.92 Å². The van der Waals surface area contributed by atoms with Crippen LogP contribution in [-0.2, 0) is 12.8 Å². The Hall–Kier alpha value is -2.42. The van der Waals surface area contributed by atoms with E-state index in [-0.39, 0.29) is 5.56 Å². The fourth-order valence-corrected chi connectivity index (χ4v) is 5.82. The molecular weight excluding hydrogens is 408 g/mol. The van der Waals surface area contributed by atoms with E-state index < -0.39 is 0 Å². The smallest absolute Gasteiger partial charge is 0.263 e. The predicted octanol–water partition coefficient (Wildman–Crippen LogP) is 4.97. The first-order valence-electron chi connectivity index (χ1n) is 8.69. The van der Waals surface area contributed by atoms with Crippen LogP contribution in [0.1, 0.15) is 11.3 Å². The summed E-state index contributed by atoms with van der Waals surface area (Å²) in [5.74, 6) is 0.662. The van der Waals surface area contributed by atoms with Crippen LogP contribution in [-0.4, -0.2) is 18.9 Å². The second kappa shape index (κ2) is 6.88. The summed E-state index contributed by atoms with van der Waals surface area (Å²) in [6, 6.07) is 8.11. The van der Waals surface area contributed by atoms with E-state index >= 15 is 0 Å². The molecule has 140 valence electrons. The molecule has 0 fully saturated rings. The third-order valence-corrected chi connectivity index (χ3v) is 7.40. The lowest BCUT2D eigenvalue weighted by atomic mass is 10.2. The highest BCUT2D eigenvalue weighted by atomic mass is 32.2. The van der Waals surface area contributed by atoms with Crippen molar-refractivity contribution in [2.75, 3.05) is 0 Å². The third-order valence-electron chi connectivity index (χ3n) is 4.56. The highest BCUT2D eigenvalue weighted by Gasteiger charge is 2.16. The molecule has 0 bridgehead atoms. The standard InChI is InChI=1S/C20H16N4OS3/c1-12-5-6-16-21-13(9-24(16)8-12)10-28-20-22-18-17(19(25)23(20)2)14(11-27-18)15-4-3-7-26-15/h3-9,11H,10H2,1-2H3. The van der Waals surface area contributed by atoms with Crippen LogP contribution < -0.4 is 5.56 Å². The minimum absolute atomic E-state index is 0.00257. The number of nitrogens with zero attached hydrogens (tertiary/aromatic N) is 4. The minimum atomic E-state index is 0.00257. The molecule has 0 aliphatic carbocycles. The van der Waals surface area contributed by atoms with Gasteiger partial charge < -0.3 is 4.40 Å². The van der Waals surface area contributed by atoms with Crippen molar-refractivity contribution in [3.05, 3.63) is 69.0 Å². The van der Waals surface area contributed by atoms with Gasteiger partial charge in [-0.25, -0.2) is 9.97 Å². The van der Waals surface area contributed by atoms with Crippen LogP contribution in [0.5, 0.6) is 0 Å². The van der Waals surface area contributed by atoms with Gasteiger partial charge in [-0.05, 0) is 30.0 Å². The molecule has 0 aliphatic heterocycles. The first kappa shape index (κ1) is 17.7. The highest BCUT2D eigenvalue weighted by molar-refractivity contribution is 7.98. The maximum absolute atomic E-state index is 13.0. The van der Waals surface area contributed by atoms with E-state index in [2.05, 4.69) is 24.2 Å². The van der Waals surface area contributed by atoms with Gasteiger partial charge >= 0.3 is 0 Å². The van der Waals surface area contributed by atoms with Crippen LogP contribution >= 0.6 is 34.4 Å². The van der Waals surface area contributed by atoms with Crippen LogP contribution in [0.25, 0.3) is 26.3 Å². The molecule has 0 amide bonds. The van der Waals surface area contributed by atoms with Crippen LogP contribution in [0.15, 0.2) is 57.4 Å². The zero-order chi connectivity index (χ0) is 19.3. The molecule has 0 aromatic carbocycles. The van der Waals surface area contributed by atoms with Crippen LogP contribution in [0.4, 0.5) is 0 Å². The highest BCUT2D eigenvalue weighted by Crippen LogP contribution is 2.34. The molecule has 0 saturated heterocycles. The Morgan fingerprint density at radius 1 is 1.14 bits per heavy atom. The molecule has 0 aliphatic rings. The minimum Gasteiger partial charge on any atom is -0.307 e. The lowest BCUT2D eigenvalue weighted by Gasteiger charge is -2.06. The van der Waals surface area contributed by atoms with Gasteiger partial charge in [0.25, 0.3) is 5.56 Å². The fourth-order valence-electron chi connectivity index (χ4n) is 3.16. The Morgan fingerprint density at radius 2 is 2.04 bits per heavy atom. The maximum atomic E-state index is 13.0. The van der Waals surface area contributed by atoms with Crippen LogP contribution in [0.2, 0.25) is 0 Å². The number of hydrogen-bond donors (Lipinski definition) is 0. The van der Waals surface area contributed by atoms with Crippen molar-refractivity contribution in [3.8, 4) is 10.4 Å². The average molecular weight is 425 g/mol. The van der Waals surface area contributed by atoms with E-state index in [1.165, 1.54) is 16.9 Å². The number of fused-ring (bicyclic) bond motifs is 2. The molecule has 5 aromatic heterocycles. The molecule has 8 heteroatoms. The van der Waals surface area contributed by atoms with Gasteiger partial charge in [0.05, 0.1) is 11.1 Å². The molecule has 0 unspecified atom stereocenters. The summed E-state index contributed by atoms with van der Waals surface area (Å²) in [7, 11) is 1.79. The average Bonchev–Trinajstić information content (AvgIpc) is 3.41. The SMILES string of the molecule is Cc1ccc2nc(CSc3nc4scc(-c5cccs5)c4c(=O)n3C)cn2c1. The van der Waals surface area contributed by atoms with Gasteiger partial charge in [0.1, 0.15) is 10.5 Å². The lowest BCUT2D eigenvalue weighted by Crippen LogP contribution is -2.19. The molecule has 28 heavy (non-hydrogen) atoms. The van der Waals surface area contributed by atoms with Gasteiger partial charge in [-0.3, -0.25) is 9.36 Å². The molecular formula is C20H16N4OS3. The zero-order valence-electron chi connectivity index (χ0n) is 15.2. The van der Waals surface area contributed by atoms with Gasteiger partial charge in [0, 0.05) is 41.0 Å². The first-order valence-corrected chi connectivity index (χ1v) is 11.4.